The van der Waals surface area contributed by atoms with E-state index in [2.05, 4.69) is 9.97 Å². The fourth-order valence-corrected chi connectivity index (χ4v) is 5.33. The highest BCUT2D eigenvalue weighted by Gasteiger charge is 2.48. The number of phenols is 1. The molecule has 4 heterocycles. The number of nitrogens with zero attached hydrogens (tertiary/aromatic N) is 4. The van der Waals surface area contributed by atoms with Crippen LogP contribution in [0.25, 0.3) is 11.4 Å². The van der Waals surface area contributed by atoms with Gasteiger partial charge in [0.05, 0.1) is 27.9 Å². The van der Waals surface area contributed by atoms with Crippen LogP contribution in [-0.2, 0) is 9.59 Å². The van der Waals surface area contributed by atoms with Gasteiger partial charge in [-0.1, -0.05) is 29.5 Å². The number of thiazole rings is 1. The van der Waals surface area contributed by atoms with Crippen LogP contribution in [0.2, 0.25) is 0 Å². The molecule has 5 rings (SSSR count). The van der Waals surface area contributed by atoms with Gasteiger partial charge in [-0.25, -0.2) is 9.97 Å². The van der Waals surface area contributed by atoms with Crippen LogP contribution in [-0.4, -0.2) is 42.1 Å². The SMILES string of the molecule is CC(=O)c1sc(N2C(=O)C(=O)C(=C(O)c3c(C)nc4ccccn34)C2c2ccc(O)cc2)nc1C. The van der Waals surface area contributed by atoms with Crippen LogP contribution in [0.3, 0.4) is 0 Å². The van der Waals surface area contributed by atoms with Crippen LogP contribution in [0.15, 0.2) is 54.2 Å². The van der Waals surface area contributed by atoms with Gasteiger partial charge in [-0.3, -0.25) is 23.7 Å². The summed E-state index contributed by atoms with van der Waals surface area (Å²) in [6.07, 6.45) is 1.71. The number of carbonyl (C=O) groups is 3. The third kappa shape index (κ3) is 3.50. The van der Waals surface area contributed by atoms with Crippen molar-refractivity contribution in [3.05, 3.63) is 81.8 Å². The smallest absolute Gasteiger partial charge is 0.301 e. The standard InChI is InChI=1S/C25H20N4O5S/c1-12-19(28-11-5-4-6-17(28)26-12)21(32)18-20(15-7-9-16(31)10-8-15)29(24(34)22(18)33)25-27-13(2)23(35-25)14(3)30/h4-11,20,31-32H,1-3H3. The number of pyridine rings is 1. The Morgan fingerprint density at radius 1 is 1.03 bits per heavy atom. The lowest BCUT2D eigenvalue weighted by molar-refractivity contribution is -0.132. The second-order valence-corrected chi connectivity index (χ2v) is 9.18. The Labute approximate surface area is 203 Å². The quantitative estimate of drug-likeness (QED) is 0.193. The number of aromatic nitrogens is 3. The zero-order chi connectivity index (χ0) is 25.0. The lowest BCUT2D eigenvalue weighted by Crippen LogP contribution is -2.29. The lowest BCUT2D eigenvalue weighted by Gasteiger charge is -2.23. The van der Waals surface area contributed by atoms with E-state index < -0.39 is 17.7 Å². The molecule has 2 N–H and O–H groups in total. The number of benzene rings is 1. The number of imidazole rings is 1. The van der Waals surface area contributed by atoms with E-state index in [1.54, 1.807) is 54.8 Å². The molecule has 1 unspecified atom stereocenters. The number of amides is 1. The van der Waals surface area contributed by atoms with Crippen molar-refractivity contribution in [3.8, 4) is 5.75 Å². The molecule has 1 amide bonds. The van der Waals surface area contributed by atoms with Crippen LogP contribution >= 0.6 is 11.3 Å². The van der Waals surface area contributed by atoms with E-state index in [9.17, 15) is 24.6 Å². The number of aryl methyl sites for hydroxylation is 2. The Kier molecular flexibility index (Phi) is 5.25. The van der Waals surface area contributed by atoms with Gasteiger partial charge in [-0.15, -0.1) is 0 Å². The second-order valence-electron chi connectivity index (χ2n) is 8.20. The molecule has 0 spiro atoms. The maximum atomic E-state index is 13.4. The Bertz CT molecular complexity index is 1560. The predicted octanol–water partition coefficient (Wildman–Crippen LogP) is 3.94. The molecule has 9 nitrogen and oxygen atoms in total. The van der Waals surface area contributed by atoms with E-state index in [0.717, 1.165) is 11.3 Å². The van der Waals surface area contributed by atoms with Gasteiger partial charge in [0.15, 0.2) is 16.7 Å². The van der Waals surface area contributed by atoms with Crippen LogP contribution in [0.4, 0.5) is 5.13 Å². The second kappa shape index (κ2) is 8.17. The van der Waals surface area contributed by atoms with Crippen molar-refractivity contribution < 1.29 is 24.6 Å². The van der Waals surface area contributed by atoms with Gasteiger partial charge in [0.25, 0.3) is 5.78 Å². The Morgan fingerprint density at radius 3 is 2.40 bits per heavy atom. The summed E-state index contributed by atoms with van der Waals surface area (Å²) in [6.45, 7) is 4.77. The number of hydrogen-bond acceptors (Lipinski definition) is 8. The van der Waals surface area contributed by atoms with E-state index in [1.165, 1.54) is 24.0 Å². The summed E-state index contributed by atoms with van der Waals surface area (Å²) >= 11 is 1.01. The molecule has 0 bridgehead atoms. The molecule has 0 radical (unpaired) electrons. The van der Waals surface area contributed by atoms with Crippen LogP contribution in [0.1, 0.15) is 45.3 Å². The Hall–Kier alpha value is -4.31. The van der Waals surface area contributed by atoms with Crippen molar-refractivity contribution in [1.82, 2.24) is 14.4 Å². The molecule has 1 fully saturated rings. The highest BCUT2D eigenvalue weighted by Crippen LogP contribution is 2.44. The van der Waals surface area contributed by atoms with E-state index in [1.807, 2.05) is 0 Å². The fourth-order valence-electron chi connectivity index (χ4n) is 4.34. The summed E-state index contributed by atoms with van der Waals surface area (Å²) in [5, 5.41) is 21.4. The van der Waals surface area contributed by atoms with Gasteiger partial charge < -0.3 is 10.2 Å². The average Bonchev–Trinajstić information content (AvgIpc) is 3.45. The van der Waals surface area contributed by atoms with Crippen LogP contribution in [0, 0.1) is 13.8 Å². The number of fused-ring (bicyclic) bond motifs is 1. The number of hydrogen-bond donors (Lipinski definition) is 2. The molecule has 4 aromatic rings. The minimum absolute atomic E-state index is 0.00675. The van der Waals surface area contributed by atoms with E-state index in [0.29, 0.717) is 33.2 Å². The van der Waals surface area contributed by atoms with Gasteiger partial charge in [0.1, 0.15) is 17.1 Å². The normalized spacial score (nSPS) is 17.5. The number of anilines is 1. The van der Waals surface area contributed by atoms with Crippen LogP contribution in [0.5, 0.6) is 5.75 Å². The monoisotopic (exact) mass is 488 g/mol. The number of aliphatic hydroxyl groups is 1. The van der Waals surface area contributed by atoms with E-state index >= 15 is 0 Å². The summed E-state index contributed by atoms with van der Waals surface area (Å²) in [7, 11) is 0. The molecule has 1 aliphatic rings. The molecule has 1 aromatic carbocycles. The molecule has 0 aliphatic carbocycles. The first-order chi connectivity index (χ1) is 16.7. The molecule has 1 atom stereocenters. The summed E-state index contributed by atoms with van der Waals surface area (Å²) < 4.78 is 1.65. The number of rotatable bonds is 4. The molecule has 10 heteroatoms. The summed E-state index contributed by atoms with van der Waals surface area (Å²) in [4.78, 5) is 49.1. The number of Topliss-reactive ketones (excluding diaryl/α,β-unsaturated/α-hetero) is 2. The topological polar surface area (TPSA) is 125 Å². The highest BCUT2D eigenvalue weighted by molar-refractivity contribution is 7.18. The first kappa shape index (κ1) is 22.5. The molecular weight excluding hydrogens is 468 g/mol. The number of aromatic hydroxyl groups is 1. The molecule has 1 saturated heterocycles. The van der Waals surface area contributed by atoms with Crippen molar-refractivity contribution in [3.63, 3.8) is 0 Å². The average molecular weight is 489 g/mol. The van der Waals surface area contributed by atoms with Gasteiger partial charge in [-0.2, -0.15) is 0 Å². The van der Waals surface area contributed by atoms with Crippen molar-refractivity contribution in [2.45, 2.75) is 26.8 Å². The number of phenolic OH excluding ortho intramolecular Hbond substituents is 1. The number of carbonyl (C=O) groups excluding carboxylic acids is 3. The van der Waals surface area contributed by atoms with Crippen LogP contribution < -0.4 is 4.90 Å². The third-order valence-electron chi connectivity index (χ3n) is 5.89. The fraction of sp³-hybridized carbons (Fsp3) is 0.160. The minimum atomic E-state index is -1.03. The maximum absolute atomic E-state index is 13.4. The summed E-state index contributed by atoms with van der Waals surface area (Å²) in [5.41, 5.74) is 2.14. The molecule has 35 heavy (non-hydrogen) atoms. The van der Waals surface area contributed by atoms with Gasteiger partial charge >= 0.3 is 5.91 Å². The minimum Gasteiger partial charge on any atom is -0.508 e. The van der Waals surface area contributed by atoms with Gasteiger partial charge in [-0.05, 0) is 43.7 Å². The summed E-state index contributed by atoms with van der Waals surface area (Å²) in [6, 6.07) is 10.3. The third-order valence-corrected chi connectivity index (χ3v) is 7.15. The highest BCUT2D eigenvalue weighted by atomic mass is 32.1. The van der Waals surface area contributed by atoms with Crippen molar-refractivity contribution in [2.24, 2.45) is 0 Å². The van der Waals surface area contributed by atoms with Gasteiger partial charge in [0.2, 0.25) is 0 Å². The molecule has 0 saturated carbocycles. The first-order valence-corrected chi connectivity index (χ1v) is 11.5. The maximum Gasteiger partial charge on any atom is 0.301 e. The van der Waals surface area contributed by atoms with Crippen molar-refractivity contribution >= 4 is 45.3 Å². The lowest BCUT2D eigenvalue weighted by atomic mass is 9.96. The van der Waals surface area contributed by atoms with E-state index in [-0.39, 0.29) is 28.0 Å². The number of ketones is 2. The first-order valence-electron chi connectivity index (χ1n) is 10.7. The molecule has 3 aromatic heterocycles. The zero-order valence-electron chi connectivity index (χ0n) is 19.0. The molecule has 176 valence electrons. The Morgan fingerprint density at radius 2 is 1.74 bits per heavy atom. The predicted molar refractivity (Wildman–Crippen MR) is 130 cm³/mol. The van der Waals surface area contributed by atoms with Crippen molar-refractivity contribution in [2.75, 3.05) is 4.90 Å². The Balaban J connectivity index is 1.78. The zero-order valence-corrected chi connectivity index (χ0v) is 19.8. The van der Waals surface area contributed by atoms with E-state index in [4.69, 9.17) is 0 Å². The number of aliphatic hydroxyl groups excluding tert-OH is 1. The van der Waals surface area contributed by atoms with Gasteiger partial charge in [0, 0.05) is 13.1 Å². The van der Waals surface area contributed by atoms with Crippen molar-refractivity contribution in [1.29, 1.82) is 0 Å². The summed E-state index contributed by atoms with van der Waals surface area (Å²) in [5.74, 6) is -2.33. The molecular formula is C25H20N4O5S. The molecule has 1 aliphatic heterocycles. The largest absolute Gasteiger partial charge is 0.508 e.